The molecule has 14 heavy (non-hydrogen) atoms. The maximum Gasteiger partial charge on any atom is 0.126 e. The molecule has 0 bridgehead atoms. The third-order valence-corrected chi connectivity index (χ3v) is 1.70. The maximum absolute atomic E-state index is 5.69. The van der Waals surface area contributed by atoms with Crippen LogP contribution in [0, 0.1) is 0 Å². The number of hydrogen-bond donors (Lipinski definition) is 0. The first-order valence-corrected chi connectivity index (χ1v) is 4.80. The zero-order valence-electron chi connectivity index (χ0n) is 8.33. The monoisotopic (exact) mass is 208 g/mol. The summed E-state index contributed by atoms with van der Waals surface area (Å²) in [6.45, 7) is 3.72. The molecule has 0 spiro atoms. The molecule has 0 unspecified atom stereocenters. The second-order valence-electron chi connectivity index (χ2n) is 2.95. The number of allylic oxidation sites excluding steroid dienone is 4. The molecule has 0 heterocycles. The molecule has 0 amide bonds. The molecule has 0 saturated heterocycles. The zero-order chi connectivity index (χ0) is 10.4. The van der Waals surface area contributed by atoms with E-state index in [-0.39, 0.29) is 0 Å². The third-order valence-electron chi connectivity index (χ3n) is 1.57. The molecular weight excluding hydrogens is 196 g/mol. The molecule has 0 saturated carbocycles. The van der Waals surface area contributed by atoms with Gasteiger partial charge in [-0.3, -0.25) is 0 Å². The van der Waals surface area contributed by atoms with Crippen LogP contribution < -0.4 is 4.74 Å². The van der Waals surface area contributed by atoms with Crippen LogP contribution in [0.25, 0.3) is 0 Å². The van der Waals surface area contributed by atoms with E-state index in [9.17, 15) is 0 Å². The highest BCUT2D eigenvalue weighted by molar-refractivity contribution is 6.29. The SMILES string of the molecule is C/C(Cl)=C\C=C(/C)Oc1ccccc1. The molecule has 1 aromatic rings. The van der Waals surface area contributed by atoms with Gasteiger partial charge in [0.2, 0.25) is 0 Å². The molecule has 0 aliphatic heterocycles. The van der Waals surface area contributed by atoms with Crippen LogP contribution in [0.1, 0.15) is 13.8 Å². The van der Waals surface area contributed by atoms with Crippen molar-refractivity contribution in [2.24, 2.45) is 0 Å². The zero-order valence-corrected chi connectivity index (χ0v) is 9.08. The lowest BCUT2D eigenvalue weighted by Gasteiger charge is -2.03. The predicted octanol–water partition coefficient (Wildman–Crippen LogP) is 4.11. The van der Waals surface area contributed by atoms with E-state index in [0.29, 0.717) is 0 Å². The van der Waals surface area contributed by atoms with Gasteiger partial charge >= 0.3 is 0 Å². The summed E-state index contributed by atoms with van der Waals surface area (Å²) in [5.41, 5.74) is 0. The van der Waals surface area contributed by atoms with E-state index < -0.39 is 0 Å². The van der Waals surface area contributed by atoms with Crippen LogP contribution in [0.5, 0.6) is 5.75 Å². The predicted molar refractivity (Wildman–Crippen MR) is 60.4 cm³/mol. The number of hydrogen-bond acceptors (Lipinski definition) is 1. The van der Waals surface area contributed by atoms with Gasteiger partial charge in [0.25, 0.3) is 0 Å². The Labute approximate surface area is 89.7 Å². The minimum atomic E-state index is 0.737. The van der Waals surface area contributed by atoms with E-state index in [4.69, 9.17) is 16.3 Å². The Hall–Kier alpha value is -1.21. The van der Waals surface area contributed by atoms with E-state index in [0.717, 1.165) is 16.5 Å². The third kappa shape index (κ3) is 4.15. The Morgan fingerprint density at radius 3 is 2.36 bits per heavy atom. The lowest BCUT2D eigenvalue weighted by Crippen LogP contribution is -1.89. The summed E-state index contributed by atoms with van der Waals surface area (Å²) >= 11 is 5.69. The highest BCUT2D eigenvalue weighted by atomic mass is 35.5. The van der Waals surface area contributed by atoms with Crippen molar-refractivity contribution in [2.75, 3.05) is 0 Å². The van der Waals surface area contributed by atoms with Crippen molar-refractivity contribution in [3.05, 3.63) is 53.3 Å². The Bertz CT molecular complexity index is 335. The molecule has 0 aliphatic rings. The van der Waals surface area contributed by atoms with Gasteiger partial charge in [-0.2, -0.15) is 0 Å². The summed E-state index contributed by atoms with van der Waals surface area (Å²) in [4.78, 5) is 0. The molecule has 0 N–H and O–H groups in total. The van der Waals surface area contributed by atoms with Crippen molar-refractivity contribution in [2.45, 2.75) is 13.8 Å². The minimum Gasteiger partial charge on any atom is -0.462 e. The summed E-state index contributed by atoms with van der Waals surface area (Å²) in [5, 5.41) is 0.737. The Balaban J connectivity index is 2.62. The van der Waals surface area contributed by atoms with Gasteiger partial charge in [-0.15, -0.1) is 0 Å². The number of ether oxygens (including phenoxy) is 1. The number of para-hydroxylation sites is 1. The first kappa shape index (κ1) is 10.9. The van der Waals surface area contributed by atoms with E-state index >= 15 is 0 Å². The van der Waals surface area contributed by atoms with Crippen molar-refractivity contribution in [3.63, 3.8) is 0 Å². The lowest BCUT2D eigenvalue weighted by atomic mass is 10.3. The molecule has 0 radical (unpaired) electrons. The van der Waals surface area contributed by atoms with Gasteiger partial charge in [-0.1, -0.05) is 29.8 Å². The molecule has 1 aromatic carbocycles. The van der Waals surface area contributed by atoms with Gasteiger partial charge in [-0.25, -0.2) is 0 Å². The fraction of sp³-hybridized carbons (Fsp3) is 0.167. The van der Waals surface area contributed by atoms with Gasteiger partial charge in [0.1, 0.15) is 11.5 Å². The van der Waals surface area contributed by atoms with E-state index in [1.807, 2.05) is 50.3 Å². The van der Waals surface area contributed by atoms with Crippen molar-refractivity contribution in [1.29, 1.82) is 0 Å². The van der Waals surface area contributed by atoms with Crippen LogP contribution in [0.4, 0.5) is 0 Å². The quantitative estimate of drug-likeness (QED) is 0.537. The van der Waals surface area contributed by atoms with Crippen LogP contribution in [-0.4, -0.2) is 0 Å². The van der Waals surface area contributed by atoms with Gasteiger partial charge in [0.05, 0.1) is 0 Å². The smallest absolute Gasteiger partial charge is 0.126 e. The first-order valence-electron chi connectivity index (χ1n) is 4.42. The second kappa shape index (κ2) is 5.51. The molecule has 0 aromatic heterocycles. The van der Waals surface area contributed by atoms with Gasteiger partial charge in [0, 0.05) is 5.03 Å². The highest BCUT2D eigenvalue weighted by Crippen LogP contribution is 2.12. The van der Waals surface area contributed by atoms with Gasteiger partial charge in [-0.05, 0) is 38.1 Å². The average Bonchev–Trinajstić information content (AvgIpc) is 2.16. The Kier molecular flexibility index (Phi) is 4.27. The molecular formula is C12H13ClO. The topological polar surface area (TPSA) is 9.23 Å². The molecule has 1 rings (SSSR count). The standard InChI is InChI=1S/C12H13ClO/c1-10(13)8-9-11(2)14-12-6-4-3-5-7-12/h3-9H,1-2H3/b10-8+,11-9+. The van der Waals surface area contributed by atoms with Crippen LogP contribution in [0.2, 0.25) is 0 Å². The first-order chi connectivity index (χ1) is 6.68. The van der Waals surface area contributed by atoms with Crippen LogP contribution >= 0.6 is 11.6 Å². The van der Waals surface area contributed by atoms with E-state index in [1.54, 1.807) is 6.08 Å². The number of benzene rings is 1. The fourth-order valence-corrected chi connectivity index (χ4v) is 1.00. The Morgan fingerprint density at radius 1 is 1.14 bits per heavy atom. The van der Waals surface area contributed by atoms with Crippen molar-refractivity contribution >= 4 is 11.6 Å². The Morgan fingerprint density at radius 2 is 1.79 bits per heavy atom. The van der Waals surface area contributed by atoms with Gasteiger partial charge < -0.3 is 4.74 Å². The molecule has 1 nitrogen and oxygen atoms in total. The van der Waals surface area contributed by atoms with E-state index in [2.05, 4.69) is 0 Å². The normalized spacial score (nSPS) is 12.8. The summed E-state index contributed by atoms with van der Waals surface area (Å²) in [5.74, 6) is 1.65. The summed E-state index contributed by atoms with van der Waals surface area (Å²) in [6, 6.07) is 9.65. The van der Waals surface area contributed by atoms with Crippen LogP contribution in [0.15, 0.2) is 53.3 Å². The summed E-state index contributed by atoms with van der Waals surface area (Å²) in [6.07, 6.45) is 3.65. The minimum absolute atomic E-state index is 0.737. The number of rotatable bonds is 3. The molecule has 0 fully saturated rings. The molecule has 0 aliphatic carbocycles. The van der Waals surface area contributed by atoms with Crippen molar-refractivity contribution in [1.82, 2.24) is 0 Å². The summed E-state index contributed by atoms with van der Waals surface area (Å²) < 4.78 is 5.52. The highest BCUT2D eigenvalue weighted by Gasteiger charge is 1.91. The largest absolute Gasteiger partial charge is 0.462 e. The molecule has 74 valence electrons. The molecule has 2 heteroatoms. The average molecular weight is 209 g/mol. The second-order valence-corrected chi connectivity index (χ2v) is 3.54. The number of halogens is 1. The van der Waals surface area contributed by atoms with Gasteiger partial charge in [0.15, 0.2) is 0 Å². The van der Waals surface area contributed by atoms with E-state index in [1.165, 1.54) is 0 Å². The lowest BCUT2D eigenvalue weighted by molar-refractivity contribution is 0.428. The van der Waals surface area contributed by atoms with Crippen molar-refractivity contribution < 1.29 is 4.74 Å². The van der Waals surface area contributed by atoms with Crippen LogP contribution in [0.3, 0.4) is 0 Å². The summed E-state index contributed by atoms with van der Waals surface area (Å²) in [7, 11) is 0. The fourth-order valence-electron chi connectivity index (χ4n) is 0.941. The molecule has 0 atom stereocenters. The van der Waals surface area contributed by atoms with Crippen molar-refractivity contribution in [3.8, 4) is 5.75 Å². The van der Waals surface area contributed by atoms with Crippen LogP contribution in [-0.2, 0) is 0 Å². The maximum atomic E-state index is 5.69.